The third-order valence-electron chi connectivity index (χ3n) is 5.05. The molecule has 14 heteroatoms. The topological polar surface area (TPSA) is 150 Å². The summed E-state index contributed by atoms with van der Waals surface area (Å²) in [4.78, 5) is 37.9. The van der Waals surface area contributed by atoms with Crippen molar-refractivity contribution in [3.8, 4) is 0 Å². The van der Waals surface area contributed by atoms with Crippen LogP contribution < -0.4 is 5.32 Å². The van der Waals surface area contributed by atoms with Gasteiger partial charge in [0.25, 0.3) is 11.8 Å². The van der Waals surface area contributed by atoms with Gasteiger partial charge in [-0.25, -0.2) is 21.8 Å². The normalized spacial score (nSPS) is 18.4. The van der Waals surface area contributed by atoms with Gasteiger partial charge in [-0.1, -0.05) is 44.2 Å². The second-order valence-corrected chi connectivity index (χ2v) is 13.6. The van der Waals surface area contributed by atoms with Gasteiger partial charge in [-0.05, 0) is 38.7 Å². The monoisotopic (exact) mass is 546 g/mol. The SMILES string of the molecule is CC(C)CC1C(=O)N(CN(C(=O)CNC(=O)OC(C)(C)C)S(C)(=O)=O)S(=O)(=O)N1Cc1ccccc1. The maximum absolute atomic E-state index is 13.4. The van der Waals surface area contributed by atoms with E-state index in [4.69, 9.17) is 4.74 Å². The molecule has 1 saturated heterocycles. The Morgan fingerprint density at radius 3 is 2.25 bits per heavy atom. The van der Waals surface area contributed by atoms with Crippen molar-refractivity contribution >= 4 is 38.1 Å². The van der Waals surface area contributed by atoms with Crippen LogP contribution in [0.4, 0.5) is 4.79 Å². The first-order chi connectivity index (χ1) is 16.4. The van der Waals surface area contributed by atoms with Gasteiger partial charge in [0, 0.05) is 6.54 Å². The number of nitrogens with one attached hydrogen (secondary N) is 1. The van der Waals surface area contributed by atoms with Crippen LogP contribution in [0.1, 0.15) is 46.6 Å². The van der Waals surface area contributed by atoms with Crippen LogP contribution in [0, 0.1) is 5.92 Å². The molecule has 1 fully saturated rings. The fourth-order valence-corrected chi connectivity index (χ4v) is 6.00. The number of benzene rings is 1. The van der Waals surface area contributed by atoms with E-state index in [0.717, 1.165) is 4.31 Å². The van der Waals surface area contributed by atoms with Crippen molar-refractivity contribution in [3.63, 3.8) is 0 Å². The minimum absolute atomic E-state index is 0.0435. The third kappa shape index (κ3) is 7.64. The van der Waals surface area contributed by atoms with Crippen LogP contribution in [-0.2, 0) is 41.1 Å². The molecule has 202 valence electrons. The molecule has 1 aromatic rings. The Balaban J connectivity index is 2.32. The quantitative estimate of drug-likeness (QED) is 0.486. The molecule has 1 aliphatic heterocycles. The molecule has 1 atom stereocenters. The van der Waals surface area contributed by atoms with E-state index in [1.54, 1.807) is 51.1 Å². The number of hydrogen-bond acceptors (Lipinski definition) is 8. The Bertz CT molecular complexity index is 1180. The number of carbonyl (C=O) groups is 3. The van der Waals surface area contributed by atoms with Crippen molar-refractivity contribution in [2.45, 2.75) is 59.2 Å². The fraction of sp³-hybridized carbons (Fsp3) is 0.591. The molecule has 0 aliphatic carbocycles. The zero-order valence-electron chi connectivity index (χ0n) is 21.3. The first kappa shape index (κ1) is 29.5. The first-order valence-electron chi connectivity index (χ1n) is 11.3. The minimum Gasteiger partial charge on any atom is -0.444 e. The molecule has 3 amide bonds. The van der Waals surface area contributed by atoms with Crippen molar-refractivity contribution in [1.29, 1.82) is 0 Å². The lowest BCUT2D eigenvalue weighted by molar-refractivity contribution is -0.131. The van der Waals surface area contributed by atoms with Crippen molar-refractivity contribution < 1.29 is 36.0 Å². The first-order valence-corrected chi connectivity index (χ1v) is 14.5. The smallest absolute Gasteiger partial charge is 0.408 e. The zero-order valence-corrected chi connectivity index (χ0v) is 22.9. The number of rotatable bonds is 9. The molecule has 0 saturated carbocycles. The van der Waals surface area contributed by atoms with E-state index in [9.17, 15) is 31.2 Å². The van der Waals surface area contributed by atoms with Gasteiger partial charge in [-0.3, -0.25) is 9.59 Å². The lowest BCUT2D eigenvalue weighted by Crippen LogP contribution is -2.50. The molecule has 2 rings (SSSR count). The number of hydrogen-bond donors (Lipinski definition) is 1. The molecule has 0 spiro atoms. The largest absolute Gasteiger partial charge is 0.444 e. The second-order valence-electron chi connectivity index (χ2n) is 9.87. The summed E-state index contributed by atoms with van der Waals surface area (Å²) in [6.07, 6.45) is -0.0481. The fourth-order valence-electron chi connectivity index (χ4n) is 3.49. The van der Waals surface area contributed by atoms with Gasteiger partial charge in [0.1, 0.15) is 24.9 Å². The van der Waals surface area contributed by atoms with Gasteiger partial charge in [-0.2, -0.15) is 12.7 Å². The average Bonchev–Trinajstić information content (AvgIpc) is 2.88. The summed E-state index contributed by atoms with van der Waals surface area (Å²) in [5.74, 6) is -2.01. The zero-order chi connectivity index (χ0) is 27.5. The van der Waals surface area contributed by atoms with Crippen molar-refractivity contribution in [1.82, 2.24) is 18.2 Å². The summed E-state index contributed by atoms with van der Waals surface area (Å²) in [5, 5.41) is 2.14. The van der Waals surface area contributed by atoms with Gasteiger partial charge < -0.3 is 10.1 Å². The van der Waals surface area contributed by atoms with Crippen LogP contribution in [0.2, 0.25) is 0 Å². The number of ether oxygens (including phenoxy) is 1. The van der Waals surface area contributed by atoms with Crippen LogP contribution >= 0.6 is 0 Å². The number of amides is 3. The minimum atomic E-state index is -4.47. The number of sulfonamides is 1. The molecule has 0 radical (unpaired) electrons. The summed E-state index contributed by atoms with van der Waals surface area (Å²) < 4.78 is 58.3. The predicted molar refractivity (Wildman–Crippen MR) is 132 cm³/mol. The molecular weight excluding hydrogens is 512 g/mol. The Hall–Kier alpha value is -2.71. The maximum Gasteiger partial charge on any atom is 0.408 e. The Morgan fingerprint density at radius 2 is 1.75 bits per heavy atom. The average molecular weight is 547 g/mol. The molecule has 1 unspecified atom stereocenters. The predicted octanol–water partition coefficient (Wildman–Crippen LogP) is 1.26. The molecule has 0 aromatic heterocycles. The lowest BCUT2D eigenvalue weighted by atomic mass is 10.0. The summed E-state index contributed by atoms with van der Waals surface area (Å²) in [6.45, 7) is 6.55. The molecule has 1 N–H and O–H groups in total. The van der Waals surface area contributed by atoms with Crippen molar-refractivity contribution in [3.05, 3.63) is 35.9 Å². The molecule has 12 nitrogen and oxygen atoms in total. The number of alkyl carbamates (subject to hydrolysis) is 1. The summed E-state index contributed by atoms with van der Waals surface area (Å²) in [7, 11) is -8.78. The van der Waals surface area contributed by atoms with E-state index in [-0.39, 0.29) is 23.2 Å². The highest BCUT2D eigenvalue weighted by molar-refractivity contribution is 7.89. The maximum atomic E-state index is 13.4. The summed E-state index contributed by atoms with van der Waals surface area (Å²) in [6, 6.07) is 7.60. The van der Waals surface area contributed by atoms with Crippen molar-refractivity contribution in [2.24, 2.45) is 5.92 Å². The van der Waals surface area contributed by atoms with Gasteiger partial charge in [0.15, 0.2) is 0 Å². The number of carbonyl (C=O) groups excluding carboxylic acids is 3. The van der Waals surface area contributed by atoms with Gasteiger partial charge in [0.2, 0.25) is 10.0 Å². The van der Waals surface area contributed by atoms with Crippen LogP contribution in [0.25, 0.3) is 0 Å². The van der Waals surface area contributed by atoms with Crippen LogP contribution in [0.5, 0.6) is 0 Å². The molecule has 0 bridgehead atoms. The second kappa shape index (κ2) is 11.1. The Morgan fingerprint density at radius 1 is 1.17 bits per heavy atom. The van der Waals surface area contributed by atoms with Crippen LogP contribution in [-0.4, -0.2) is 78.8 Å². The molecule has 1 aromatic carbocycles. The summed E-state index contributed by atoms with van der Waals surface area (Å²) in [5.41, 5.74) is -0.213. The van der Waals surface area contributed by atoms with Crippen LogP contribution in [0.15, 0.2) is 30.3 Å². The van der Waals surface area contributed by atoms with E-state index < -0.39 is 63.0 Å². The molecule has 1 aliphatic rings. The van der Waals surface area contributed by atoms with E-state index in [1.165, 1.54) is 0 Å². The third-order valence-corrected chi connectivity index (χ3v) is 8.00. The van der Waals surface area contributed by atoms with Crippen LogP contribution in [0.3, 0.4) is 0 Å². The molecule has 1 heterocycles. The van der Waals surface area contributed by atoms with Gasteiger partial charge >= 0.3 is 16.3 Å². The van der Waals surface area contributed by atoms with E-state index in [2.05, 4.69) is 5.32 Å². The highest BCUT2D eigenvalue weighted by Gasteiger charge is 2.51. The highest BCUT2D eigenvalue weighted by Crippen LogP contribution is 2.30. The Kier molecular flexibility index (Phi) is 9.13. The van der Waals surface area contributed by atoms with Gasteiger partial charge in [0.05, 0.1) is 6.26 Å². The summed E-state index contributed by atoms with van der Waals surface area (Å²) >= 11 is 0. The van der Waals surface area contributed by atoms with E-state index >= 15 is 0 Å². The van der Waals surface area contributed by atoms with E-state index in [1.807, 2.05) is 13.8 Å². The number of nitrogens with zero attached hydrogens (tertiary/aromatic N) is 3. The van der Waals surface area contributed by atoms with Crippen molar-refractivity contribution in [2.75, 3.05) is 19.5 Å². The molecule has 36 heavy (non-hydrogen) atoms. The lowest BCUT2D eigenvalue weighted by Gasteiger charge is -2.26. The Labute approximate surface area is 212 Å². The standard InChI is InChI=1S/C22H34N4O8S2/c1-16(2)12-18-20(28)26(36(32,33)24(18)14-17-10-8-7-9-11-17)15-25(35(6,30)31)19(27)13-23-21(29)34-22(3,4)5/h7-11,16,18H,12-15H2,1-6H3,(H,23,29). The van der Waals surface area contributed by atoms with E-state index in [0.29, 0.717) is 16.1 Å². The molecular formula is C22H34N4O8S2. The highest BCUT2D eigenvalue weighted by atomic mass is 32.2. The van der Waals surface area contributed by atoms with Gasteiger partial charge in [-0.15, -0.1) is 0 Å².